The van der Waals surface area contributed by atoms with Crippen molar-refractivity contribution < 1.29 is 16.8 Å². The van der Waals surface area contributed by atoms with Gasteiger partial charge in [0.05, 0.1) is 20.4 Å². The zero-order valence-electron chi connectivity index (χ0n) is 6.83. The first-order valence-electron chi connectivity index (χ1n) is 3.39. The van der Waals surface area contributed by atoms with Gasteiger partial charge in [-0.05, 0) is 0 Å². The summed E-state index contributed by atoms with van der Waals surface area (Å²) in [5, 5.41) is 0. The number of hydrogen-bond acceptors (Lipinski definition) is 4. The highest BCUT2D eigenvalue weighted by Crippen LogP contribution is 2.21. The number of rotatable bonds is 1. The first-order valence-corrected chi connectivity index (χ1v) is 8.30. The molecule has 0 aromatic rings. The lowest BCUT2D eigenvalue weighted by atomic mass is 10.8. The van der Waals surface area contributed by atoms with E-state index < -0.39 is 18.5 Å². The molecule has 1 heterocycles. The summed E-state index contributed by atoms with van der Waals surface area (Å²) in [6.07, 6.45) is 0. The van der Waals surface area contributed by atoms with Gasteiger partial charge in [-0.3, -0.25) is 0 Å². The van der Waals surface area contributed by atoms with Crippen LogP contribution in [0.4, 0.5) is 0 Å². The summed E-state index contributed by atoms with van der Waals surface area (Å²) in [6, 6.07) is 0. The van der Waals surface area contributed by atoms with Gasteiger partial charge in [-0.1, -0.05) is 19.6 Å². The molecule has 0 aromatic carbocycles. The zero-order valence-corrected chi connectivity index (χ0v) is 8.64. The normalized spacial score (nSPS) is 30.6. The SMILES string of the molecule is C[Si](C)(C)C1COS(=O)(=O)O1. The van der Waals surface area contributed by atoms with E-state index >= 15 is 0 Å². The molecule has 6 heteroatoms. The van der Waals surface area contributed by atoms with Crippen LogP contribution >= 0.6 is 0 Å². The maximum Gasteiger partial charge on any atom is 0.399 e. The summed E-state index contributed by atoms with van der Waals surface area (Å²) in [5.74, 6) is 0. The van der Waals surface area contributed by atoms with Crippen molar-refractivity contribution in [2.24, 2.45) is 0 Å². The Balaban J connectivity index is 2.70. The fourth-order valence-corrected chi connectivity index (χ4v) is 3.64. The van der Waals surface area contributed by atoms with Crippen molar-refractivity contribution >= 4 is 18.5 Å². The van der Waals surface area contributed by atoms with Crippen LogP contribution in [-0.4, -0.2) is 28.8 Å². The Morgan fingerprint density at radius 1 is 1.36 bits per heavy atom. The van der Waals surface area contributed by atoms with Crippen LogP contribution in [0.5, 0.6) is 0 Å². The molecular formula is C5H12O4SSi. The van der Waals surface area contributed by atoms with E-state index in [9.17, 15) is 8.42 Å². The third kappa shape index (κ3) is 2.26. The second-order valence-electron chi connectivity index (χ2n) is 3.64. The average molecular weight is 196 g/mol. The fraction of sp³-hybridized carbons (Fsp3) is 1.00. The molecule has 1 saturated heterocycles. The summed E-state index contributed by atoms with van der Waals surface area (Å²) < 4.78 is 30.5. The lowest BCUT2D eigenvalue weighted by molar-refractivity contribution is 0.309. The highest BCUT2D eigenvalue weighted by Gasteiger charge is 2.39. The Hall–Kier alpha value is 0.0869. The van der Waals surface area contributed by atoms with E-state index in [2.05, 4.69) is 4.18 Å². The quantitative estimate of drug-likeness (QED) is 0.574. The van der Waals surface area contributed by atoms with Gasteiger partial charge in [0, 0.05) is 0 Å². The summed E-state index contributed by atoms with van der Waals surface area (Å²) in [5.41, 5.74) is -0.215. The Labute approximate surface area is 67.8 Å². The van der Waals surface area contributed by atoms with Crippen molar-refractivity contribution in [3.63, 3.8) is 0 Å². The van der Waals surface area contributed by atoms with E-state index in [1.165, 1.54) is 0 Å². The molecule has 0 N–H and O–H groups in total. The minimum absolute atomic E-state index is 0.193. The van der Waals surface area contributed by atoms with Gasteiger partial charge < -0.3 is 0 Å². The predicted molar refractivity (Wildman–Crippen MR) is 43.1 cm³/mol. The molecule has 0 radical (unpaired) electrons. The summed E-state index contributed by atoms with van der Waals surface area (Å²) in [4.78, 5) is 0. The van der Waals surface area contributed by atoms with Gasteiger partial charge >= 0.3 is 10.4 Å². The maximum atomic E-state index is 10.7. The van der Waals surface area contributed by atoms with Crippen molar-refractivity contribution in [2.45, 2.75) is 25.4 Å². The lowest BCUT2D eigenvalue weighted by Gasteiger charge is -2.19. The molecule has 0 spiro atoms. The van der Waals surface area contributed by atoms with Gasteiger partial charge in [0.1, 0.15) is 0 Å². The summed E-state index contributed by atoms with van der Waals surface area (Å²) >= 11 is 0. The molecule has 4 nitrogen and oxygen atoms in total. The van der Waals surface area contributed by atoms with Gasteiger partial charge in [0.25, 0.3) is 0 Å². The second-order valence-corrected chi connectivity index (χ2v) is 10.3. The van der Waals surface area contributed by atoms with Crippen molar-refractivity contribution in [3.8, 4) is 0 Å². The Morgan fingerprint density at radius 2 is 1.91 bits per heavy atom. The van der Waals surface area contributed by atoms with Gasteiger partial charge in [-0.2, -0.15) is 8.42 Å². The van der Waals surface area contributed by atoms with Crippen LogP contribution in [-0.2, 0) is 18.8 Å². The minimum atomic E-state index is -3.64. The topological polar surface area (TPSA) is 52.6 Å². The van der Waals surface area contributed by atoms with Crippen molar-refractivity contribution in [2.75, 3.05) is 6.61 Å². The number of hydrogen-bond donors (Lipinski definition) is 0. The molecular weight excluding hydrogens is 184 g/mol. The largest absolute Gasteiger partial charge is 0.399 e. The molecule has 1 rings (SSSR count). The van der Waals surface area contributed by atoms with E-state index in [-0.39, 0.29) is 12.3 Å². The first kappa shape index (κ1) is 9.18. The molecule has 1 fully saturated rings. The predicted octanol–water partition coefficient (Wildman–Crippen LogP) is 0.524. The van der Waals surface area contributed by atoms with E-state index in [4.69, 9.17) is 4.18 Å². The zero-order chi connectivity index (χ0) is 8.70. The van der Waals surface area contributed by atoms with Crippen molar-refractivity contribution in [3.05, 3.63) is 0 Å². The molecule has 1 atom stereocenters. The third-order valence-electron chi connectivity index (χ3n) is 1.56. The Kier molecular flexibility index (Phi) is 2.12. The van der Waals surface area contributed by atoms with E-state index in [0.717, 1.165) is 0 Å². The third-order valence-corrected chi connectivity index (χ3v) is 4.84. The highest BCUT2D eigenvalue weighted by atomic mass is 32.3. The first-order chi connectivity index (χ1) is 4.81. The molecule has 1 aliphatic rings. The Morgan fingerprint density at radius 3 is 2.09 bits per heavy atom. The standard InChI is InChI=1S/C5H12O4SSi/c1-11(2,3)5-4-8-10(6,7)9-5/h5H,4H2,1-3H3. The van der Waals surface area contributed by atoms with E-state index in [0.29, 0.717) is 0 Å². The Bertz CT molecular complexity index is 240. The molecule has 11 heavy (non-hydrogen) atoms. The molecule has 0 aliphatic carbocycles. The molecule has 1 aliphatic heterocycles. The highest BCUT2D eigenvalue weighted by molar-refractivity contribution is 7.82. The van der Waals surface area contributed by atoms with Crippen molar-refractivity contribution in [1.29, 1.82) is 0 Å². The fourth-order valence-electron chi connectivity index (χ4n) is 0.737. The van der Waals surface area contributed by atoms with Crippen LogP contribution in [0.3, 0.4) is 0 Å². The van der Waals surface area contributed by atoms with Gasteiger partial charge in [0.15, 0.2) is 0 Å². The van der Waals surface area contributed by atoms with Crippen LogP contribution in [0.1, 0.15) is 0 Å². The van der Waals surface area contributed by atoms with Gasteiger partial charge in [-0.15, -0.1) is 0 Å². The molecule has 0 bridgehead atoms. The van der Waals surface area contributed by atoms with Crippen LogP contribution in [0.2, 0.25) is 19.6 Å². The van der Waals surface area contributed by atoms with E-state index in [1.54, 1.807) is 0 Å². The summed E-state index contributed by atoms with van der Waals surface area (Å²) in [6.45, 7) is 6.32. The lowest BCUT2D eigenvalue weighted by Crippen LogP contribution is -2.39. The molecule has 66 valence electrons. The minimum Gasteiger partial charge on any atom is -0.246 e. The van der Waals surface area contributed by atoms with Crippen LogP contribution in [0.25, 0.3) is 0 Å². The van der Waals surface area contributed by atoms with Crippen LogP contribution < -0.4 is 0 Å². The summed E-state index contributed by atoms with van der Waals surface area (Å²) in [7, 11) is -5.18. The monoisotopic (exact) mass is 196 g/mol. The smallest absolute Gasteiger partial charge is 0.246 e. The van der Waals surface area contributed by atoms with Gasteiger partial charge in [0.2, 0.25) is 0 Å². The van der Waals surface area contributed by atoms with E-state index in [1.807, 2.05) is 19.6 Å². The average Bonchev–Trinajstić information content (AvgIpc) is 2.07. The second kappa shape index (κ2) is 2.55. The van der Waals surface area contributed by atoms with Crippen LogP contribution in [0.15, 0.2) is 0 Å². The van der Waals surface area contributed by atoms with Crippen molar-refractivity contribution in [1.82, 2.24) is 0 Å². The molecule has 0 amide bonds. The van der Waals surface area contributed by atoms with Gasteiger partial charge in [-0.25, -0.2) is 8.37 Å². The maximum absolute atomic E-state index is 10.7. The molecule has 0 saturated carbocycles. The molecule has 1 unspecified atom stereocenters. The van der Waals surface area contributed by atoms with Crippen LogP contribution in [0, 0.1) is 0 Å². The molecule has 0 aromatic heterocycles.